The molecule has 0 saturated carbocycles. The molecule has 4 N–H and O–H groups in total. The lowest BCUT2D eigenvalue weighted by Crippen LogP contribution is -2.47. The van der Waals surface area contributed by atoms with Crippen molar-refractivity contribution in [2.75, 3.05) is 6.54 Å². The van der Waals surface area contributed by atoms with E-state index in [0.29, 0.717) is 0 Å². The highest BCUT2D eigenvalue weighted by atomic mass is 16.6. The van der Waals surface area contributed by atoms with Gasteiger partial charge in [-0.3, -0.25) is 9.59 Å². The van der Waals surface area contributed by atoms with Gasteiger partial charge in [0.05, 0.1) is 6.42 Å². The monoisotopic (exact) mass is 290 g/mol. The van der Waals surface area contributed by atoms with E-state index in [9.17, 15) is 19.2 Å². The fourth-order valence-corrected chi connectivity index (χ4v) is 1.09. The Hall–Kier alpha value is -2.32. The van der Waals surface area contributed by atoms with Crippen LogP contribution < -0.4 is 10.6 Å². The number of carbonyl (C=O) groups is 4. The molecular weight excluding hydrogens is 272 g/mol. The summed E-state index contributed by atoms with van der Waals surface area (Å²) in [7, 11) is 0. The second-order valence-corrected chi connectivity index (χ2v) is 4.91. The predicted molar refractivity (Wildman–Crippen MR) is 66.1 cm³/mol. The molecule has 0 fully saturated rings. The Morgan fingerprint density at radius 3 is 2.10 bits per heavy atom. The number of rotatable bonds is 6. The fourth-order valence-electron chi connectivity index (χ4n) is 1.09. The molecule has 0 aliphatic rings. The number of carboxylic acid groups (broad SMARTS) is 2. The molecule has 0 radical (unpaired) electrons. The smallest absolute Gasteiger partial charge is 0.408 e. The minimum atomic E-state index is -1.56. The van der Waals surface area contributed by atoms with E-state index in [0.717, 1.165) is 0 Å². The van der Waals surface area contributed by atoms with Crippen molar-refractivity contribution in [2.24, 2.45) is 0 Å². The molecule has 0 bridgehead atoms. The van der Waals surface area contributed by atoms with Gasteiger partial charge < -0.3 is 25.6 Å². The van der Waals surface area contributed by atoms with Gasteiger partial charge in [0, 0.05) is 0 Å². The highest BCUT2D eigenvalue weighted by molar-refractivity contribution is 5.88. The van der Waals surface area contributed by atoms with Gasteiger partial charge >= 0.3 is 18.0 Å². The summed E-state index contributed by atoms with van der Waals surface area (Å²) in [6, 6.07) is -1.56. The Labute approximate surface area is 115 Å². The minimum absolute atomic E-state index is 0.516. The summed E-state index contributed by atoms with van der Waals surface area (Å²) in [5, 5.41) is 21.3. The maximum absolute atomic E-state index is 11.4. The van der Waals surface area contributed by atoms with Crippen molar-refractivity contribution < 1.29 is 34.1 Å². The lowest BCUT2D eigenvalue weighted by molar-refractivity contribution is -0.147. The van der Waals surface area contributed by atoms with Crippen LogP contribution >= 0.6 is 0 Å². The number of hydrogen-bond acceptors (Lipinski definition) is 5. The molecular formula is C11H18N2O7. The normalized spacial score (nSPS) is 12.2. The first-order valence-corrected chi connectivity index (χ1v) is 5.72. The topological polar surface area (TPSA) is 142 Å². The van der Waals surface area contributed by atoms with Crippen LogP contribution in [-0.4, -0.2) is 52.3 Å². The average molecular weight is 290 g/mol. The lowest BCUT2D eigenvalue weighted by Gasteiger charge is -2.19. The SMILES string of the molecule is CC(C)(C)OC(=O)NCC(=O)NC(CC(=O)O)C(=O)O. The van der Waals surface area contributed by atoms with Crippen LogP contribution in [0, 0.1) is 0 Å². The highest BCUT2D eigenvalue weighted by Gasteiger charge is 2.23. The average Bonchev–Trinajstić information content (AvgIpc) is 2.22. The molecule has 0 aromatic rings. The van der Waals surface area contributed by atoms with Crippen LogP contribution in [0.25, 0.3) is 0 Å². The van der Waals surface area contributed by atoms with Crippen molar-refractivity contribution >= 4 is 23.9 Å². The summed E-state index contributed by atoms with van der Waals surface area (Å²) in [5.41, 5.74) is -0.729. The number of ether oxygens (including phenoxy) is 1. The first-order chi connectivity index (χ1) is 9.01. The quantitative estimate of drug-likeness (QED) is 0.519. The van der Waals surface area contributed by atoms with Crippen molar-refractivity contribution in [3.05, 3.63) is 0 Å². The van der Waals surface area contributed by atoms with Crippen LogP contribution in [0.15, 0.2) is 0 Å². The molecule has 0 heterocycles. The maximum Gasteiger partial charge on any atom is 0.408 e. The number of nitrogens with one attached hydrogen (secondary N) is 2. The van der Waals surface area contributed by atoms with Crippen LogP contribution in [0.5, 0.6) is 0 Å². The molecule has 9 nitrogen and oxygen atoms in total. The molecule has 0 spiro atoms. The summed E-state index contributed by atoms with van der Waals surface area (Å²) >= 11 is 0. The lowest BCUT2D eigenvalue weighted by atomic mass is 10.2. The van der Waals surface area contributed by atoms with Gasteiger partial charge in [-0.2, -0.15) is 0 Å². The summed E-state index contributed by atoms with van der Waals surface area (Å²) in [6.07, 6.45) is -1.59. The van der Waals surface area contributed by atoms with Gasteiger partial charge in [0.25, 0.3) is 0 Å². The second-order valence-electron chi connectivity index (χ2n) is 4.91. The standard InChI is InChI=1S/C11H18N2O7/c1-11(2,3)20-10(19)12-5-7(14)13-6(9(17)18)4-8(15)16/h6H,4-5H2,1-3H3,(H,12,19)(H,13,14)(H,15,16)(H,17,18). The molecule has 114 valence electrons. The van der Waals surface area contributed by atoms with Crippen LogP contribution in [0.2, 0.25) is 0 Å². The number of aliphatic carboxylic acids is 2. The molecule has 0 aromatic carbocycles. The number of alkyl carbamates (subject to hydrolysis) is 1. The zero-order valence-electron chi connectivity index (χ0n) is 11.4. The van der Waals surface area contributed by atoms with E-state index < -0.39 is 48.5 Å². The Balaban J connectivity index is 4.24. The first kappa shape index (κ1) is 17.7. The van der Waals surface area contributed by atoms with Gasteiger partial charge in [-0.15, -0.1) is 0 Å². The number of hydrogen-bond donors (Lipinski definition) is 4. The number of carboxylic acids is 2. The van der Waals surface area contributed by atoms with Gasteiger partial charge in [0.15, 0.2) is 0 Å². The minimum Gasteiger partial charge on any atom is -0.481 e. The van der Waals surface area contributed by atoms with E-state index in [1.807, 2.05) is 5.32 Å². The molecule has 9 heteroatoms. The Kier molecular flexibility index (Phi) is 6.47. The second kappa shape index (κ2) is 7.31. The van der Waals surface area contributed by atoms with Crippen molar-refractivity contribution in [1.29, 1.82) is 0 Å². The van der Waals surface area contributed by atoms with E-state index in [1.165, 1.54) is 0 Å². The Morgan fingerprint density at radius 1 is 1.15 bits per heavy atom. The molecule has 2 amide bonds. The molecule has 0 aliphatic carbocycles. The molecule has 0 rings (SSSR count). The fraction of sp³-hybridized carbons (Fsp3) is 0.636. The van der Waals surface area contributed by atoms with Crippen molar-refractivity contribution in [1.82, 2.24) is 10.6 Å². The summed E-state index contributed by atoms with van der Waals surface area (Å²) < 4.78 is 4.86. The Bertz CT molecular complexity index is 400. The van der Waals surface area contributed by atoms with Crippen LogP contribution in [0.4, 0.5) is 4.79 Å². The predicted octanol–water partition coefficient (Wildman–Crippen LogP) is -0.445. The zero-order chi connectivity index (χ0) is 15.9. The third-order valence-electron chi connectivity index (χ3n) is 1.80. The Morgan fingerprint density at radius 2 is 1.70 bits per heavy atom. The summed E-state index contributed by atoms with van der Waals surface area (Å²) in [4.78, 5) is 43.7. The first-order valence-electron chi connectivity index (χ1n) is 5.72. The van der Waals surface area contributed by atoms with E-state index >= 15 is 0 Å². The van der Waals surface area contributed by atoms with Gasteiger partial charge in [0.1, 0.15) is 18.2 Å². The third kappa shape index (κ3) is 8.72. The van der Waals surface area contributed by atoms with E-state index in [4.69, 9.17) is 14.9 Å². The third-order valence-corrected chi connectivity index (χ3v) is 1.80. The van der Waals surface area contributed by atoms with Crippen LogP contribution in [0.1, 0.15) is 27.2 Å². The van der Waals surface area contributed by atoms with Gasteiger partial charge in [0.2, 0.25) is 5.91 Å². The molecule has 0 aromatic heterocycles. The highest BCUT2D eigenvalue weighted by Crippen LogP contribution is 2.06. The molecule has 20 heavy (non-hydrogen) atoms. The van der Waals surface area contributed by atoms with E-state index in [1.54, 1.807) is 20.8 Å². The van der Waals surface area contributed by atoms with E-state index in [2.05, 4.69) is 5.32 Å². The number of carbonyl (C=O) groups excluding carboxylic acids is 2. The molecule has 1 unspecified atom stereocenters. The van der Waals surface area contributed by atoms with Gasteiger partial charge in [-0.25, -0.2) is 9.59 Å². The van der Waals surface area contributed by atoms with E-state index in [-0.39, 0.29) is 0 Å². The zero-order valence-corrected chi connectivity index (χ0v) is 11.4. The number of amides is 2. The van der Waals surface area contributed by atoms with Gasteiger partial charge in [-0.1, -0.05) is 0 Å². The van der Waals surface area contributed by atoms with Crippen molar-refractivity contribution in [3.8, 4) is 0 Å². The molecule has 0 aliphatic heterocycles. The van der Waals surface area contributed by atoms with Crippen LogP contribution in [0.3, 0.4) is 0 Å². The summed E-state index contributed by atoms with van der Waals surface area (Å²) in [6.45, 7) is 4.40. The van der Waals surface area contributed by atoms with Crippen LogP contribution in [-0.2, 0) is 19.1 Å². The molecule has 1 atom stereocenters. The van der Waals surface area contributed by atoms with Gasteiger partial charge in [-0.05, 0) is 20.8 Å². The molecule has 0 saturated heterocycles. The van der Waals surface area contributed by atoms with Crippen molar-refractivity contribution in [3.63, 3.8) is 0 Å². The maximum atomic E-state index is 11.4. The van der Waals surface area contributed by atoms with Crippen molar-refractivity contribution in [2.45, 2.75) is 38.8 Å². The summed E-state index contributed by atoms with van der Waals surface area (Å²) in [5.74, 6) is -3.67. The largest absolute Gasteiger partial charge is 0.481 e.